The van der Waals surface area contributed by atoms with Crippen LogP contribution in [-0.4, -0.2) is 23.1 Å². The first kappa shape index (κ1) is 6.68. The molecule has 0 aromatic heterocycles. The van der Waals surface area contributed by atoms with Crippen molar-refractivity contribution in [2.45, 2.75) is 13.0 Å². The lowest BCUT2D eigenvalue weighted by molar-refractivity contribution is 0.0947. The summed E-state index contributed by atoms with van der Waals surface area (Å²) in [6, 6.07) is 0.511. The lowest BCUT2D eigenvalue weighted by Gasteiger charge is -2.28. The van der Waals surface area contributed by atoms with E-state index < -0.39 is 0 Å². The molecule has 0 aromatic carbocycles. The van der Waals surface area contributed by atoms with E-state index in [-0.39, 0.29) is 0 Å². The summed E-state index contributed by atoms with van der Waals surface area (Å²) in [6.45, 7) is 2.19. The van der Waals surface area contributed by atoms with Gasteiger partial charge in [0.1, 0.15) is 0 Å². The van der Waals surface area contributed by atoms with Gasteiger partial charge in [-0.3, -0.25) is 5.01 Å². The average Bonchev–Trinajstić information content (AvgIpc) is 2.30. The minimum Gasteiger partial charge on any atom is -0.282 e. The van der Waals surface area contributed by atoms with Gasteiger partial charge in [0.25, 0.3) is 0 Å². The summed E-state index contributed by atoms with van der Waals surface area (Å²) in [5.74, 6) is 0. The van der Waals surface area contributed by atoms with Crippen molar-refractivity contribution in [1.82, 2.24) is 10.0 Å². The van der Waals surface area contributed by atoms with Crippen molar-refractivity contribution < 1.29 is 0 Å². The first-order valence-electron chi connectivity index (χ1n) is 3.88. The number of hydrazine groups is 1. The Hall–Kier alpha value is -1.02. The number of hydrogen-bond acceptors (Lipinski definition) is 2. The van der Waals surface area contributed by atoms with Crippen LogP contribution in [0.15, 0.2) is 36.2 Å². The van der Waals surface area contributed by atoms with Crippen LogP contribution in [0.2, 0.25) is 0 Å². The van der Waals surface area contributed by atoms with Gasteiger partial charge in [-0.25, -0.2) is 5.01 Å². The lowest BCUT2D eigenvalue weighted by atomic mass is 10.2. The molecule has 0 aromatic rings. The zero-order valence-corrected chi connectivity index (χ0v) is 6.86. The van der Waals surface area contributed by atoms with Gasteiger partial charge in [-0.15, -0.1) is 0 Å². The second kappa shape index (κ2) is 2.24. The summed E-state index contributed by atoms with van der Waals surface area (Å²) >= 11 is 0. The largest absolute Gasteiger partial charge is 0.282 e. The van der Waals surface area contributed by atoms with Crippen molar-refractivity contribution in [3.8, 4) is 0 Å². The van der Waals surface area contributed by atoms with Crippen molar-refractivity contribution >= 4 is 0 Å². The van der Waals surface area contributed by atoms with Gasteiger partial charge in [0.2, 0.25) is 0 Å². The van der Waals surface area contributed by atoms with E-state index in [2.05, 4.69) is 48.4 Å². The summed E-state index contributed by atoms with van der Waals surface area (Å²) in [5.41, 5.74) is 1.28. The zero-order valence-electron chi connectivity index (χ0n) is 6.86. The van der Waals surface area contributed by atoms with Crippen LogP contribution < -0.4 is 0 Å². The molecule has 58 valence electrons. The highest BCUT2D eigenvalue weighted by Crippen LogP contribution is 2.23. The van der Waals surface area contributed by atoms with Gasteiger partial charge in [0.15, 0.2) is 0 Å². The van der Waals surface area contributed by atoms with Crippen LogP contribution in [0.3, 0.4) is 0 Å². The maximum Gasteiger partial charge on any atom is 0.0549 e. The highest BCUT2D eigenvalue weighted by molar-refractivity contribution is 5.31. The number of likely N-dealkylation sites (N-methyl/N-ethyl adjacent to an activating group) is 1. The Morgan fingerprint density at radius 3 is 2.91 bits per heavy atom. The minimum atomic E-state index is 0.511. The third-order valence-corrected chi connectivity index (χ3v) is 2.21. The van der Waals surface area contributed by atoms with Gasteiger partial charge in [-0.2, -0.15) is 0 Å². The van der Waals surface area contributed by atoms with Gasteiger partial charge in [-0.05, 0) is 25.2 Å². The van der Waals surface area contributed by atoms with E-state index in [9.17, 15) is 0 Å². The van der Waals surface area contributed by atoms with Gasteiger partial charge < -0.3 is 0 Å². The van der Waals surface area contributed by atoms with Crippen molar-refractivity contribution in [1.29, 1.82) is 0 Å². The van der Waals surface area contributed by atoms with E-state index in [1.165, 1.54) is 5.70 Å². The Kier molecular flexibility index (Phi) is 1.36. The van der Waals surface area contributed by atoms with E-state index >= 15 is 0 Å². The Morgan fingerprint density at radius 1 is 1.36 bits per heavy atom. The Morgan fingerprint density at radius 2 is 2.18 bits per heavy atom. The molecule has 2 heterocycles. The first-order chi connectivity index (χ1) is 5.29. The summed E-state index contributed by atoms with van der Waals surface area (Å²) in [6.07, 6.45) is 10.6. The van der Waals surface area contributed by atoms with Crippen LogP contribution in [0.4, 0.5) is 0 Å². The molecule has 0 spiro atoms. The van der Waals surface area contributed by atoms with E-state index in [0.717, 1.165) is 0 Å². The maximum atomic E-state index is 2.25. The summed E-state index contributed by atoms with van der Waals surface area (Å²) in [4.78, 5) is 0. The molecule has 2 nitrogen and oxygen atoms in total. The highest BCUT2D eigenvalue weighted by Gasteiger charge is 2.23. The second-order valence-electron chi connectivity index (χ2n) is 2.95. The molecule has 2 heteroatoms. The monoisotopic (exact) mass is 148 g/mol. The fourth-order valence-corrected chi connectivity index (χ4v) is 1.42. The molecule has 0 radical (unpaired) electrons. The fraction of sp³-hybridized carbons (Fsp3) is 0.333. The summed E-state index contributed by atoms with van der Waals surface area (Å²) in [5, 5.41) is 4.36. The molecule has 0 bridgehead atoms. The molecule has 2 rings (SSSR count). The van der Waals surface area contributed by atoms with E-state index in [1.54, 1.807) is 0 Å². The third-order valence-electron chi connectivity index (χ3n) is 2.21. The SMILES string of the molecule is CC1C=C2C=CC=CN2N1C. The molecule has 1 atom stereocenters. The molecule has 0 N–H and O–H groups in total. The summed E-state index contributed by atoms with van der Waals surface area (Å²) in [7, 11) is 2.09. The van der Waals surface area contributed by atoms with Gasteiger partial charge >= 0.3 is 0 Å². The number of allylic oxidation sites excluding steroid dienone is 3. The Labute approximate surface area is 67.1 Å². The zero-order chi connectivity index (χ0) is 7.84. The fourth-order valence-electron chi connectivity index (χ4n) is 1.42. The molecule has 11 heavy (non-hydrogen) atoms. The normalized spacial score (nSPS) is 29.1. The predicted octanol–water partition coefficient (Wildman–Crippen LogP) is 1.50. The molecule has 0 saturated carbocycles. The topological polar surface area (TPSA) is 6.48 Å². The smallest absolute Gasteiger partial charge is 0.0549 e. The van der Waals surface area contributed by atoms with Crippen molar-refractivity contribution in [3.63, 3.8) is 0 Å². The molecular weight excluding hydrogens is 136 g/mol. The molecule has 0 aliphatic carbocycles. The highest BCUT2D eigenvalue weighted by atomic mass is 15.6. The van der Waals surface area contributed by atoms with Crippen molar-refractivity contribution in [2.75, 3.05) is 7.05 Å². The number of hydrogen-bond donors (Lipinski definition) is 0. The number of nitrogens with zero attached hydrogens (tertiary/aromatic N) is 2. The lowest BCUT2D eigenvalue weighted by Crippen LogP contribution is -2.34. The van der Waals surface area contributed by atoms with Gasteiger partial charge in [0.05, 0.1) is 5.70 Å². The van der Waals surface area contributed by atoms with Crippen LogP contribution in [0, 0.1) is 0 Å². The van der Waals surface area contributed by atoms with E-state index in [0.29, 0.717) is 6.04 Å². The van der Waals surface area contributed by atoms with Crippen LogP contribution in [-0.2, 0) is 0 Å². The third kappa shape index (κ3) is 0.906. The van der Waals surface area contributed by atoms with E-state index in [4.69, 9.17) is 0 Å². The van der Waals surface area contributed by atoms with Crippen LogP contribution in [0.5, 0.6) is 0 Å². The standard InChI is InChI=1S/C9H12N2/c1-8-7-9-5-3-4-6-11(9)10(8)2/h3-8H,1-2H3. The molecule has 2 aliphatic rings. The molecule has 1 unspecified atom stereocenters. The molecule has 2 aliphatic heterocycles. The molecular formula is C9H12N2. The first-order valence-corrected chi connectivity index (χ1v) is 3.88. The Balaban J connectivity index is 2.32. The van der Waals surface area contributed by atoms with Gasteiger partial charge in [0, 0.05) is 19.3 Å². The van der Waals surface area contributed by atoms with Crippen LogP contribution in [0.25, 0.3) is 0 Å². The number of fused-ring (bicyclic) bond motifs is 1. The molecule has 0 fully saturated rings. The maximum absolute atomic E-state index is 2.25. The van der Waals surface area contributed by atoms with Gasteiger partial charge in [-0.1, -0.05) is 6.08 Å². The summed E-state index contributed by atoms with van der Waals surface area (Å²) < 4.78 is 0. The average molecular weight is 148 g/mol. The quantitative estimate of drug-likeness (QED) is 0.513. The molecule has 0 amide bonds. The van der Waals surface area contributed by atoms with E-state index in [1.807, 2.05) is 6.08 Å². The van der Waals surface area contributed by atoms with Crippen LogP contribution >= 0.6 is 0 Å². The number of rotatable bonds is 0. The molecule has 0 saturated heterocycles. The Bertz CT molecular complexity index is 250. The van der Waals surface area contributed by atoms with Crippen molar-refractivity contribution in [2.24, 2.45) is 0 Å². The second-order valence-corrected chi connectivity index (χ2v) is 2.95. The minimum absolute atomic E-state index is 0.511. The predicted molar refractivity (Wildman–Crippen MR) is 45.4 cm³/mol. The van der Waals surface area contributed by atoms with Crippen molar-refractivity contribution in [3.05, 3.63) is 36.2 Å². The van der Waals surface area contributed by atoms with Crippen LogP contribution in [0.1, 0.15) is 6.92 Å².